The van der Waals surface area contributed by atoms with E-state index in [1.807, 2.05) is 0 Å². The smallest absolute Gasteiger partial charge is 0.0386 e. The van der Waals surface area contributed by atoms with Crippen LogP contribution in [0.4, 0.5) is 0 Å². The summed E-state index contributed by atoms with van der Waals surface area (Å²) in [6.07, 6.45) is 7.03. The zero-order chi connectivity index (χ0) is 14.6. The quantitative estimate of drug-likeness (QED) is 0.840. The highest BCUT2D eigenvalue weighted by Crippen LogP contribution is 2.31. The maximum Gasteiger partial charge on any atom is 0.0386 e. The van der Waals surface area contributed by atoms with Crippen LogP contribution in [0, 0.1) is 0 Å². The van der Waals surface area contributed by atoms with E-state index in [0.29, 0.717) is 0 Å². The summed E-state index contributed by atoms with van der Waals surface area (Å²) in [5.74, 6) is 1.06. The van der Waals surface area contributed by atoms with Gasteiger partial charge in [0.2, 0.25) is 0 Å². The molecule has 0 spiro atoms. The summed E-state index contributed by atoms with van der Waals surface area (Å²) >= 11 is 2.09. The van der Waals surface area contributed by atoms with Crippen molar-refractivity contribution in [3.8, 4) is 0 Å². The van der Waals surface area contributed by atoms with Gasteiger partial charge >= 0.3 is 0 Å². The molecule has 0 saturated heterocycles. The van der Waals surface area contributed by atoms with Crippen LogP contribution in [0.3, 0.4) is 0 Å². The fourth-order valence-corrected chi connectivity index (χ4v) is 4.14. The van der Waals surface area contributed by atoms with Crippen molar-refractivity contribution in [3.05, 3.63) is 35.4 Å². The maximum absolute atomic E-state index is 6.35. The Bertz CT molecular complexity index is 398. The molecule has 0 aliphatic heterocycles. The van der Waals surface area contributed by atoms with Gasteiger partial charge in [-0.3, -0.25) is 0 Å². The third-order valence-electron chi connectivity index (χ3n) is 4.27. The van der Waals surface area contributed by atoms with Crippen LogP contribution in [0.2, 0.25) is 0 Å². The molecule has 0 aromatic heterocycles. The van der Waals surface area contributed by atoms with Crippen molar-refractivity contribution < 1.29 is 0 Å². The lowest BCUT2D eigenvalue weighted by Crippen LogP contribution is -2.17. The number of hydrogen-bond acceptors (Lipinski definition) is 2. The van der Waals surface area contributed by atoms with Gasteiger partial charge in [-0.25, -0.2) is 0 Å². The second-order valence-corrected chi connectivity index (χ2v) is 8.41. The average molecular weight is 292 g/mol. The van der Waals surface area contributed by atoms with Crippen LogP contribution in [0.25, 0.3) is 0 Å². The molecule has 1 fully saturated rings. The molecule has 20 heavy (non-hydrogen) atoms. The predicted octanol–water partition coefficient (Wildman–Crippen LogP) is 5.05. The molecule has 0 radical (unpaired) electrons. The minimum atomic E-state index is 0.177. The first kappa shape index (κ1) is 15.9. The Balaban J connectivity index is 1.87. The van der Waals surface area contributed by atoms with E-state index in [-0.39, 0.29) is 11.5 Å². The summed E-state index contributed by atoms with van der Waals surface area (Å²) in [6, 6.07) is 9.08. The van der Waals surface area contributed by atoms with Crippen LogP contribution < -0.4 is 5.73 Å². The predicted molar refractivity (Wildman–Crippen MR) is 91.4 cm³/mol. The van der Waals surface area contributed by atoms with Crippen molar-refractivity contribution in [2.24, 2.45) is 5.73 Å². The topological polar surface area (TPSA) is 26.0 Å². The van der Waals surface area contributed by atoms with Crippen molar-refractivity contribution in [1.82, 2.24) is 0 Å². The molecule has 0 heterocycles. The first-order valence-corrected chi connectivity index (χ1v) is 8.99. The van der Waals surface area contributed by atoms with Crippen molar-refractivity contribution in [1.29, 1.82) is 0 Å². The van der Waals surface area contributed by atoms with Crippen LogP contribution in [-0.4, -0.2) is 11.0 Å². The minimum Gasteiger partial charge on any atom is -0.323 e. The Morgan fingerprint density at radius 1 is 1.10 bits per heavy atom. The van der Waals surface area contributed by atoms with Gasteiger partial charge in [0.1, 0.15) is 0 Å². The third kappa shape index (κ3) is 4.53. The summed E-state index contributed by atoms with van der Waals surface area (Å²) in [7, 11) is 0. The van der Waals surface area contributed by atoms with Crippen LogP contribution in [0.5, 0.6) is 0 Å². The zero-order valence-corrected chi connectivity index (χ0v) is 14.0. The van der Waals surface area contributed by atoms with E-state index >= 15 is 0 Å². The van der Waals surface area contributed by atoms with Crippen LogP contribution in [0.1, 0.15) is 70.0 Å². The third-order valence-corrected chi connectivity index (χ3v) is 5.76. The van der Waals surface area contributed by atoms with Crippen molar-refractivity contribution in [2.75, 3.05) is 5.75 Å². The van der Waals surface area contributed by atoms with Gasteiger partial charge in [-0.2, -0.15) is 11.8 Å². The van der Waals surface area contributed by atoms with Gasteiger partial charge < -0.3 is 5.73 Å². The van der Waals surface area contributed by atoms with E-state index in [0.717, 1.165) is 11.0 Å². The highest BCUT2D eigenvalue weighted by atomic mass is 32.2. The normalized spacial score (nSPS) is 19.0. The maximum atomic E-state index is 6.35. The van der Waals surface area contributed by atoms with E-state index in [9.17, 15) is 0 Å². The second kappa shape index (κ2) is 7.00. The average Bonchev–Trinajstić information content (AvgIpc) is 2.45. The summed E-state index contributed by atoms with van der Waals surface area (Å²) in [4.78, 5) is 0. The fourth-order valence-electron chi connectivity index (χ4n) is 2.80. The fraction of sp³-hybridized carbons (Fsp3) is 0.667. The van der Waals surface area contributed by atoms with Crippen LogP contribution in [-0.2, 0) is 5.41 Å². The number of thioether (sulfide) groups is 1. The standard InChI is InChI=1S/C18H29NS/c1-18(2,3)15-11-9-14(10-12-15)17(19)13-20-16-7-5-4-6-8-16/h9-12,16-17H,4-8,13,19H2,1-3H3. The molecule has 1 saturated carbocycles. The summed E-state index contributed by atoms with van der Waals surface area (Å²) in [5.41, 5.74) is 9.23. The van der Waals surface area contributed by atoms with E-state index in [4.69, 9.17) is 5.73 Å². The van der Waals surface area contributed by atoms with E-state index < -0.39 is 0 Å². The Kier molecular flexibility index (Phi) is 5.57. The van der Waals surface area contributed by atoms with Gasteiger partial charge in [-0.1, -0.05) is 64.3 Å². The lowest BCUT2D eigenvalue weighted by Gasteiger charge is -2.23. The molecule has 0 bridgehead atoms. The van der Waals surface area contributed by atoms with Gasteiger partial charge in [0.15, 0.2) is 0 Å². The molecule has 0 amide bonds. The van der Waals surface area contributed by atoms with Gasteiger partial charge in [-0.15, -0.1) is 0 Å². The zero-order valence-electron chi connectivity index (χ0n) is 13.2. The van der Waals surface area contributed by atoms with Crippen molar-refractivity contribution in [2.45, 2.75) is 69.6 Å². The molecule has 1 aromatic rings. The molecule has 1 unspecified atom stereocenters. The molecule has 1 aromatic carbocycles. The van der Waals surface area contributed by atoms with Gasteiger partial charge in [0.05, 0.1) is 0 Å². The molecule has 112 valence electrons. The molecule has 1 aliphatic rings. The Labute approximate surface area is 128 Å². The highest BCUT2D eigenvalue weighted by Gasteiger charge is 2.17. The monoisotopic (exact) mass is 291 g/mol. The van der Waals surface area contributed by atoms with Crippen molar-refractivity contribution in [3.63, 3.8) is 0 Å². The van der Waals surface area contributed by atoms with Crippen LogP contribution in [0.15, 0.2) is 24.3 Å². The van der Waals surface area contributed by atoms with Gasteiger partial charge in [0.25, 0.3) is 0 Å². The summed E-state index contributed by atoms with van der Waals surface area (Å²) in [6.45, 7) is 6.75. The first-order chi connectivity index (χ1) is 9.47. The number of benzene rings is 1. The molecular formula is C18H29NS. The summed E-state index contributed by atoms with van der Waals surface area (Å²) in [5, 5.41) is 0.851. The molecule has 2 heteroatoms. The Morgan fingerprint density at radius 2 is 1.70 bits per heavy atom. The summed E-state index contributed by atoms with van der Waals surface area (Å²) < 4.78 is 0. The second-order valence-electron chi connectivity index (χ2n) is 7.07. The molecule has 1 nitrogen and oxygen atoms in total. The molecule has 1 aliphatic carbocycles. The van der Waals surface area contributed by atoms with Crippen LogP contribution >= 0.6 is 11.8 Å². The van der Waals surface area contributed by atoms with Gasteiger partial charge in [0, 0.05) is 17.0 Å². The Morgan fingerprint density at radius 3 is 2.25 bits per heavy atom. The van der Waals surface area contributed by atoms with Gasteiger partial charge in [-0.05, 0) is 29.4 Å². The molecule has 2 rings (SSSR count). The first-order valence-electron chi connectivity index (χ1n) is 7.94. The lowest BCUT2D eigenvalue weighted by molar-refractivity contribution is 0.515. The Hall–Kier alpha value is -0.470. The molecule has 2 N–H and O–H groups in total. The molecule has 1 atom stereocenters. The highest BCUT2D eigenvalue weighted by molar-refractivity contribution is 7.99. The lowest BCUT2D eigenvalue weighted by atomic mass is 9.86. The number of nitrogens with two attached hydrogens (primary N) is 1. The molecular weight excluding hydrogens is 262 g/mol. The largest absolute Gasteiger partial charge is 0.323 e. The SMILES string of the molecule is CC(C)(C)c1ccc(C(N)CSC2CCCCC2)cc1. The minimum absolute atomic E-state index is 0.177. The van der Waals surface area contributed by atoms with Crippen molar-refractivity contribution >= 4 is 11.8 Å². The number of rotatable bonds is 4. The van der Waals surface area contributed by atoms with E-state index in [1.54, 1.807) is 0 Å². The van der Waals surface area contributed by atoms with E-state index in [1.165, 1.54) is 43.2 Å². The number of hydrogen-bond donors (Lipinski definition) is 1. The van der Waals surface area contributed by atoms with E-state index in [2.05, 4.69) is 56.8 Å².